The van der Waals surface area contributed by atoms with Crippen LogP contribution in [0.4, 0.5) is 20.4 Å². The van der Waals surface area contributed by atoms with Crippen LogP contribution >= 0.6 is 0 Å². The number of hydrogen-bond donors (Lipinski definition) is 2. The van der Waals surface area contributed by atoms with Crippen LogP contribution in [-0.4, -0.2) is 69.5 Å². The molecule has 34 heavy (non-hydrogen) atoms. The predicted octanol–water partition coefficient (Wildman–Crippen LogP) is 2.02. The second-order valence-electron chi connectivity index (χ2n) is 9.46. The molecule has 0 radical (unpaired) electrons. The summed E-state index contributed by atoms with van der Waals surface area (Å²) in [5.74, 6) is -2.98. The molecule has 178 valence electrons. The lowest BCUT2D eigenvalue weighted by atomic mass is 10.1. The van der Waals surface area contributed by atoms with E-state index >= 15 is 0 Å². The number of piperazine rings is 1. The number of allylic oxidation sites excluding steroid dienone is 1. The monoisotopic (exact) mass is 469 g/mol. The zero-order valence-corrected chi connectivity index (χ0v) is 18.6. The Kier molecular flexibility index (Phi) is 4.65. The van der Waals surface area contributed by atoms with Gasteiger partial charge in [0.25, 0.3) is 5.92 Å². The normalized spacial score (nSPS) is 25.2. The molecule has 0 spiro atoms. The van der Waals surface area contributed by atoms with Crippen LogP contribution in [-0.2, 0) is 9.59 Å². The minimum absolute atomic E-state index is 0.0890. The van der Waals surface area contributed by atoms with Crippen molar-refractivity contribution in [2.75, 3.05) is 36.4 Å². The number of hydrogen-bond acceptors (Lipinski definition) is 6. The quantitative estimate of drug-likeness (QED) is 0.696. The molecule has 4 heterocycles. The SMILES string of the molecule is C=C1NC(=O)C/C1=C\c1cnn2c(NC3CC3)cc(N3CCN(C(=O)C4CC4(F)F)CC3)nc12. The van der Waals surface area contributed by atoms with E-state index in [4.69, 9.17) is 4.98 Å². The van der Waals surface area contributed by atoms with Gasteiger partial charge in [0.05, 0.1) is 12.6 Å². The molecule has 1 atom stereocenters. The number of fused-ring (bicyclic) bond motifs is 1. The number of aromatic nitrogens is 3. The largest absolute Gasteiger partial charge is 0.367 e. The fourth-order valence-corrected chi connectivity index (χ4v) is 4.53. The average Bonchev–Trinajstić information content (AvgIpc) is 3.66. The van der Waals surface area contributed by atoms with Crippen molar-refractivity contribution in [3.63, 3.8) is 0 Å². The van der Waals surface area contributed by atoms with E-state index < -0.39 is 17.7 Å². The summed E-state index contributed by atoms with van der Waals surface area (Å²) in [7, 11) is 0. The predicted molar refractivity (Wildman–Crippen MR) is 121 cm³/mol. The Bertz CT molecular complexity index is 1240. The summed E-state index contributed by atoms with van der Waals surface area (Å²) in [6.07, 6.45) is 5.72. The summed E-state index contributed by atoms with van der Waals surface area (Å²) < 4.78 is 28.4. The lowest BCUT2D eigenvalue weighted by Gasteiger charge is -2.35. The van der Waals surface area contributed by atoms with Gasteiger partial charge in [-0.3, -0.25) is 9.59 Å². The number of halogens is 2. The van der Waals surface area contributed by atoms with Crippen molar-refractivity contribution in [1.29, 1.82) is 0 Å². The summed E-state index contributed by atoms with van der Waals surface area (Å²) in [4.78, 5) is 32.5. The van der Waals surface area contributed by atoms with E-state index in [0.29, 0.717) is 43.6 Å². The van der Waals surface area contributed by atoms with Crippen LogP contribution in [0, 0.1) is 5.92 Å². The summed E-state index contributed by atoms with van der Waals surface area (Å²) in [6.45, 7) is 5.69. The van der Waals surface area contributed by atoms with Gasteiger partial charge in [0, 0.05) is 56.0 Å². The van der Waals surface area contributed by atoms with E-state index in [9.17, 15) is 18.4 Å². The van der Waals surface area contributed by atoms with Gasteiger partial charge >= 0.3 is 0 Å². The number of carbonyl (C=O) groups excluding carboxylic acids is 2. The van der Waals surface area contributed by atoms with Crippen molar-refractivity contribution < 1.29 is 18.4 Å². The summed E-state index contributed by atoms with van der Waals surface area (Å²) in [6, 6.07) is 2.34. The van der Waals surface area contributed by atoms with E-state index in [2.05, 4.69) is 27.2 Å². The fourth-order valence-electron chi connectivity index (χ4n) is 4.53. The van der Waals surface area contributed by atoms with E-state index in [1.54, 1.807) is 10.7 Å². The molecule has 2 saturated carbocycles. The molecule has 2 aliphatic heterocycles. The second kappa shape index (κ2) is 7.51. The first-order valence-corrected chi connectivity index (χ1v) is 11.5. The Morgan fingerprint density at radius 2 is 2.00 bits per heavy atom. The van der Waals surface area contributed by atoms with Crippen molar-refractivity contribution in [2.24, 2.45) is 5.92 Å². The fraction of sp³-hybridized carbons (Fsp3) is 0.478. The van der Waals surface area contributed by atoms with Crippen molar-refractivity contribution in [1.82, 2.24) is 24.8 Å². The lowest BCUT2D eigenvalue weighted by Crippen LogP contribution is -2.50. The molecule has 1 unspecified atom stereocenters. The van der Waals surface area contributed by atoms with Gasteiger partial charge in [-0.05, 0) is 24.5 Å². The van der Waals surface area contributed by atoms with Gasteiger partial charge in [-0.1, -0.05) is 6.58 Å². The van der Waals surface area contributed by atoms with Gasteiger partial charge in [0.1, 0.15) is 17.6 Å². The van der Waals surface area contributed by atoms with E-state index in [0.717, 1.165) is 35.6 Å². The molecule has 11 heteroatoms. The highest BCUT2D eigenvalue weighted by atomic mass is 19.3. The first-order valence-electron chi connectivity index (χ1n) is 11.5. The highest BCUT2D eigenvalue weighted by Crippen LogP contribution is 2.49. The lowest BCUT2D eigenvalue weighted by molar-refractivity contribution is -0.135. The van der Waals surface area contributed by atoms with Crippen LogP contribution in [0.2, 0.25) is 0 Å². The topological polar surface area (TPSA) is 94.9 Å². The summed E-state index contributed by atoms with van der Waals surface area (Å²) >= 11 is 0. The Morgan fingerprint density at radius 3 is 2.62 bits per heavy atom. The molecule has 4 fully saturated rings. The molecule has 2 aromatic heterocycles. The molecule has 2 aromatic rings. The molecule has 2 N–H and O–H groups in total. The number of amides is 2. The maximum absolute atomic E-state index is 13.3. The van der Waals surface area contributed by atoms with Gasteiger partial charge in [-0.15, -0.1) is 0 Å². The van der Waals surface area contributed by atoms with Crippen molar-refractivity contribution in [3.05, 3.63) is 35.7 Å². The number of nitrogens with zero attached hydrogens (tertiary/aromatic N) is 5. The van der Waals surface area contributed by atoms with Crippen LogP contribution in [0.5, 0.6) is 0 Å². The summed E-state index contributed by atoms with van der Waals surface area (Å²) in [5, 5.41) is 10.7. The van der Waals surface area contributed by atoms with Gasteiger partial charge in [0.2, 0.25) is 11.8 Å². The minimum Gasteiger partial charge on any atom is -0.367 e. The Labute approximate surface area is 194 Å². The van der Waals surface area contributed by atoms with Gasteiger partial charge < -0.3 is 20.4 Å². The number of nitrogens with one attached hydrogen (secondary N) is 2. The molecule has 2 saturated heterocycles. The highest BCUT2D eigenvalue weighted by molar-refractivity contribution is 5.90. The molecule has 2 aliphatic carbocycles. The van der Waals surface area contributed by atoms with E-state index in [1.165, 1.54) is 4.90 Å². The molecular formula is C23H25F2N7O2. The third kappa shape index (κ3) is 3.78. The molecular weight excluding hydrogens is 444 g/mol. The average molecular weight is 469 g/mol. The summed E-state index contributed by atoms with van der Waals surface area (Å²) in [5.41, 5.74) is 2.81. The number of carbonyl (C=O) groups is 2. The standard InChI is InChI=1S/C23H25F2N7O2/c1-13-14(9-20(33)27-13)8-15-12-26-32-19(28-16-2-3-16)10-18(29-21(15)32)30-4-6-31(7-5-30)22(34)17-11-23(17,24)25/h8,10,12,16-17,28H,1-7,9,11H2,(H,27,33)/b14-8+. The van der Waals surface area contributed by atoms with Crippen molar-refractivity contribution in [3.8, 4) is 0 Å². The third-order valence-electron chi connectivity index (χ3n) is 6.81. The molecule has 6 rings (SSSR count). The van der Waals surface area contributed by atoms with Crippen LogP contribution in [0.15, 0.2) is 30.1 Å². The first-order chi connectivity index (χ1) is 16.3. The first kappa shape index (κ1) is 21.1. The molecule has 4 aliphatic rings. The van der Waals surface area contributed by atoms with Crippen LogP contribution in [0.25, 0.3) is 11.7 Å². The number of alkyl halides is 2. The van der Waals surface area contributed by atoms with Crippen LogP contribution < -0.4 is 15.5 Å². The Balaban J connectivity index is 1.27. The van der Waals surface area contributed by atoms with Crippen molar-refractivity contribution >= 4 is 35.2 Å². The molecule has 0 aromatic carbocycles. The maximum Gasteiger partial charge on any atom is 0.260 e. The minimum atomic E-state index is -2.85. The van der Waals surface area contributed by atoms with E-state index in [1.807, 2.05) is 12.1 Å². The second-order valence-corrected chi connectivity index (χ2v) is 9.46. The zero-order valence-electron chi connectivity index (χ0n) is 18.6. The highest BCUT2D eigenvalue weighted by Gasteiger charge is 2.62. The molecule has 2 amide bonds. The number of rotatable bonds is 5. The van der Waals surface area contributed by atoms with E-state index in [-0.39, 0.29) is 18.7 Å². The Morgan fingerprint density at radius 1 is 1.26 bits per heavy atom. The van der Waals surface area contributed by atoms with Crippen molar-refractivity contribution in [2.45, 2.75) is 37.6 Å². The van der Waals surface area contributed by atoms with Gasteiger partial charge in [-0.25, -0.2) is 13.8 Å². The Hall–Kier alpha value is -3.50. The molecule has 0 bridgehead atoms. The van der Waals surface area contributed by atoms with Crippen LogP contribution in [0.1, 0.15) is 31.2 Å². The smallest absolute Gasteiger partial charge is 0.260 e. The maximum atomic E-state index is 13.3. The zero-order chi connectivity index (χ0) is 23.6. The molecule has 9 nitrogen and oxygen atoms in total. The number of anilines is 2. The van der Waals surface area contributed by atoms with Crippen LogP contribution in [0.3, 0.4) is 0 Å². The van der Waals surface area contributed by atoms with Gasteiger partial charge in [0.15, 0.2) is 5.65 Å². The third-order valence-corrected chi connectivity index (χ3v) is 6.81. The van der Waals surface area contributed by atoms with Gasteiger partial charge in [-0.2, -0.15) is 9.61 Å².